The van der Waals surface area contributed by atoms with Gasteiger partial charge in [-0.2, -0.15) is 0 Å². The van der Waals surface area contributed by atoms with E-state index in [-0.39, 0.29) is 11.8 Å². The highest BCUT2D eigenvalue weighted by molar-refractivity contribution is 5.35. The second kappa shape index (κ2) is 35.8. The van der Waals surface area contributed by atoms with Crippen molar-refractivity contribution in [2.75, 3.05) is 159 Å². The SMILES string of the molecule is CC(C)OCCOCCOCCOCCOCCOCCOCCOCCOCCOCCOCCOCCOc1ccc([N+](=O)[O-])cc1. The van der Waals surface area contributed by atoms with Crippen molar-refractivity contribution in [3.8, 4) is 5.75 Å². The number of hydrogen-bond acceptors (Lipinski definition) is 15. The summed E-state index contributed by atoms with van der Waals surface area (Å²) in [6, 6.07) is 5.91. The molecule has 0 N–H and O–H groups in total. The molecule has 0 spiro atoms. The largest absolute Gasteiger partial charge is 0.491 e. The van der Waals surface area contributed by atoms with E-state index >= 15 is 0 Å². The molecule has 0 amide bonds. The second-order valence-electron chi connectivity index (χ2n) is 10.3. The molecule has 1 aromatic rings. The molecule has 0 saturated carbocycles. The molecule has 0 bridgehead atoms. The maximum atomic E-state index is 10.6. The maximum absolute atomic E-state index is 10.6. The maximum Gasteiger partial charge on any atom is 0.269 e. The zero-order valence-electron chi connectivity index (χ0n) is 29.4. The summed E-state index contributed by atoms with van der Waals surface area (Å²) in [5.74, 6) is 0.555. The molecule has 0 aliphatic rings. The lowest BCUT2D eigenvalue weighted by atomic mass is 10.3. The summed E-state index contributed by atoms with van der Waals surface area (Å²) in [5, 5.41) is 10.6. The van der Waals surface area contributed by atoms with Crippen LogP contribution in [0.15, 0.2) is 24.3 Å². The Labute approximate surface area is 290 Å². The first-order valence-electron chi connectivity index (χ1n) is 16.9. The Kier molecular flexibility index (Phi) is 32.8. The van der Waals surface area contributed by atoms with Crippen LogP contribution in [0.5, 0.6) is 5.75 Å². The predicted molar refractivity (Wildman–Crippen MR) is 179 cm³/mol. The second-order valence-corrected chi connectivity index (χ2v) is 10.3. The van der Waals surface area contributed by atoms with E-state index in [0.29, 0.717) is 164 Å². The average Bonchev–Trinajstić information content (AvgIpc) is 3.09. The molecule has 1 aromatic carbocycles. The van der Waals surface area contributed by atoms with Crippen LogP contribution in [0.25, 0.3) is 0 Å². The first-order valence-corrected chi connectivity index (χ1v) is 16.9. The predicted octanol–water partition coefficient (Wildman–Crippen LogP) is 2.58. The zero-order chi connectivity index (χ0) is 35.3. The van der Waals surface area contributed by atoms with Crippen molar-refractivity contribution >= 4 is 5.69 Å². The van der Waals surface area contributed by atoms with Gasteiger partial charge in [0, 0.05) is 12.1 Å². The minimum atomic E-state index is -0.452. The van der Waals surface area contributed by atoms with Crippen LogP contribution in [0.2, 0.25) is 0 Å². The van der Waals surface area contributed by atoms with E-state index in [1.54, 1.807) is 12.1 Å². The smallest absolute Gasteiger partial charge is 0.269 e. The summed E-state index contributed by atoms with van der Waals surface area (Å²) in [6.07, 6.45) is 0.225. The van der Waals surface area contributed by atoms with E-state index in [1.165, 1.54) is 12.1 Å². The molecule has 0 aromatic heterocycles. The van der Waals surface area contributed by atoms with Gasteiger partial charge in [-0.05, 0) is 26.0 Å². The van der Waals surface area contributed by atoms with Crippen molar-refractivity contribution in [1.82, 2.24) is 0 Å². The van der Waals surface area contributed by atoms with Gasteiger partial charge in [-0.1, -0.05) is 0 Å². The van der Waals surface area contributed by atoms with Crippen LogP contribution < -0.4 is 4.74 Å². The first-order chi connectivity index (χ1) is 24.1. The fourth-order valence-corrected chi connectivity index (χ4v) is 3.53. The third-order valence-electron chi connectivity index (χ3n) is 5.94. The molecule has 16 heteroatoms. The third-order valence-corrected chi connectivity index (χ3v) is 5.94. The summed E-state index contributed by atoms with van der Waals surface area (Å²) in [6.45, 7) is 15.8. The highest BCUT2D eigenvalue weighted by atomic mass is 16.6. The van der Waals surface area contributed by atoms with Gasteiger partial charge in [0.25, 0.3) is 5.69 Å². The Morgan fingerprint density at radius 2 is 0.673 bits per heavy atom. The van der Waals surface area contributed by atoms with Gasteiger partial charge in [0.05, 0.1) is 163 Å². The number of nitrogens with zero attached hydrogens (tertiary/aromatic N) is 1. The third kappa shape index (κ3) is 32.9. The summed E-state index contributed by atoms with van der Waals surface area (Å²) < 4.78 is 70.9. The van der Waals surface area contributed by atoms with Gasteiger partial charge < -0.3 is 61.6 Å². The molecule has 286 valence electrons. The van der Waals surface area contributed by atoms with Crippen molar-refractivity contribution in [3.63, 3.8) is 0 Å². The fraction of sp³-hybridized carbons (Fsp3) is 0.818. The topological polar surface area (TPSA) is 163 Å². The standard InChI is InChI=1S/C33H59NO15/c1-31(2)48-29-27-46-25-23-44-21-19-42-17-15-40-13-11-38-9-7-37-8-10-39-12-14-41-16-18-43-20-22-45-24-26-47-28-30-49-33-5-3-32(4-6-33)34(35)36/h3-6,31H,7-30H2,1-2H3. The lowest BCUT2D eigenvalue weighted by molar-refractivity contribution is -0.384. The van der Waals surface area contributed by atoms with Gasteiger partial charge in [-0.3, -0.25) is 10.1 Å². The Morgan fingerprint density at radius 1 is 0.429 bits per heavy atom. The van der Waals surface area contributed by atoms with E-state index in [4.69, 9.17) is 61.6 Å². The number of rotatable bonds is 39. The zero-order valence-corrected chi connectivity index (χ0v) is 29.4. The van der Waals surface area contributed by atoms with Gasteiger partial charge in [0.2, 0.25) is 0 Å². The Bertz CT molecular complexity index is 835. The summed E-state index contributed by atoms with van der Waals surface area (Å²) in [5.41, 5.74) is 0.0249. The molecule has 0 aliphatic carbocycles. The lowest BCUT2D eigenvalue weighted by Gasteiger charge is -2.09. The number of nitro groups is 1. The molecule has 0 radical (unpaired) electrons. The van der Waals surface area contributed by atoms with Crippen LogP contribution >= 0.6 is 0 Å². The quantitative estimate of drug-likeness (QED) is 0.0556. The highest BCUT2D eigenvalue weighted by Crippen LogP contribution is 2.17. The number of non-ortho nitro benzene ring substituents is 1. The summed E-state index contributed by atoms with van der Waals surface area (Å²) >= 11 is 0. The Morgan fingerprint density at radius 3 is 0.918 bits per heavy atom. The first kappa shape index (κ1) is 45.0. The van der Waals surface area contributed by atoms with Crippen LogP contribution in [-0.4, -0.2) is 170 Å². The molecular weight excluding hydrogens is 650 g/mol. The number of hydrogen-bond donors (Lipinski definition) is 0. The van der Waals surface area contributed by atoms with Crippen molar-refractivity contribution < 1.29 is 66.5 Å². The van der Waals surface area contributed by atoms with Gasteiger partial charge in [-0.15, -0.1) is 0 Å². The Balaban J connectivity index is 1.64. The number of nitro benzene ring substituents is 1. The molecule has 0 atom stereocenters. The van der Waals surface area contributed by atoms with E-state index < -0.39 is 4.92 Å². The van der Waals surface area contributed by atoms with Crippen LogP contribution in [-0.2, 0) is 56.8 Å². The molecule has 16 nitrogen and oxygen atoms in total. The number of ether oxygens (including phenoxy) is 13. The molecule has 0 saturated heterocycles. The van der Waals surface area contributed by atoms with Gasteiger partial charge in [0.1, 0.15) is 12.4 Å². The molecule has 1 rings (SSSR count). The van der Waals surface area contributed by atoms with E-state index in [0.717, 1.165) is 0 Å². The van der Waals surface area contributed by atoms with Crippen molar-refractivity contribution in [1.29, 1.82) is 0 Å². The molecular formula is C33H59NO15. The monoisotopic (exact) mass is 709 g/mol. The van der Waals surface area contributed by atoms with Crippen molar-refractivity contribution in [2.45, 2.75) is 20.0 Å². The van der Waals surface area contributed by atoms with Gasteiger partial charge >= 0.3 is 0 Å². The van der Waals surface area contributed by atoms with E-state index in [1.807, 2.05) is 13.8 Å². The minimum absolute atomic E-state index is 0.0249. The normalized spacial score (nSPS) is 11.5. The molecule has 0 fully saturated rings. The van der Waals surface area contributed by atoms with Crippen molar-refractivity contribution in [3.05, 3.63) is 34.4 Å². The molecule has 0 aliphatic heterocycles. The van der Waals surface area contributed by atoms with E-state index in [9.17, 15) is 10.1 Å². The van der Waals surface area contributed by atoms with Crippen LogP contribution in [0.4, 0.5) is 5.69 Å². The lowest BCUT2D eigenvalue weighted by Crippen LogP contribution is -2.15. The van der Waals surface area contributed by atoms with Crippen LogP contribution in [0.3, 0.4) is 0 Å². The summed E-state index contributed by atoms with van der Waals surface area (Å²) in [4.78, 5) is 10.2. The molecule has 49 heavy (non-hydrogen) atoms. The highest BCUT2D eigenvalue weighted by Gasteiger charge is 2.04. The summed E-state index contributed by atoms with van der Waals surface area (Å²) in [7, 11) is 0. The van der Waals surface area contributed by atoms with Crippen LogP contribution in [0, 0.1) is 10.1 Å². The van der Waals surface area contributed by atoms with Gasteiger partial charge in [-0.25, -0.2) is 0 Å². The fourth-order valence-electron chi connectivity index (χ4n) is 3.53. The molecule has 0 unspecified atom stereocenters. The van der Waals surface area contributed by atoms with E-state index in [2.05, 4.69) is 0 Å². The van der Waals surface area contributed by atoms with Crippen molar-refractivity contribution in [2.24, 2.45) is 0 Å². The average molecular weight is 710 g/mol. The van der Waals surface area contributed by atoms with Gasteiger partial charge in [0.15, 0.2) is 0 Å². The molecule has 0 heterocycles. The Hall–Kier alpha value is -2.06. The number of benzene rings is 1. The minimum Gasteiger partial charge on any atom is -0.491 e. The van der Waals surface area contributed by atoms with Crippen LogP contribution in [0.1, 0.15) is 13.8 Å².